The number of hydrogen-bond acceptors (Lipinski definition) is 8. The molecule has 7 nitrogen and oxygen atoms in total. The minimum absolute atomic E-state index is 0.0608. The molecule has 0 saturated heterocycles. The largest absolute Gasteiger partial charge is 0.462 e. The molecule has 0 aliphatic carbocycles. The van der Waals surface area contributed by atoms with Gasteiger partial charge in [-0.2, -0.15) is 0 Å². The van der Waals surface area contributed by atoms with E-state index in [1.54, 1.807) is 31.4 Å². The summed E-state index contributed by atoms with van der Waals surface area (Å²) in [5.74, 6) is -1.31. The normalized spacial score (nSPS) is 11.3. The molecule has 11 heteroatoms. The number of benzene rings is 1. The zero-order valence-electron chi connectivity index (χ0n) is 14.5. The molecule has 2 rings (SSSR count). The van der Waals surface area contributed by atoms with Gasteiger partial charge in [-0.3, -0.25) is 0 Å². The number of sulfone groups is 1. The van der Waals surface area contributed by atoms with Crippen LogP contribution in [0.25, 0.3) is 0 Å². The number of carbonyl (C=O) groups is 1. The molecule has 0 amide bonds. The summed E-state index contributed by atoms with van der Waals surface area (Å²) in [6.45, 7) is 1.84. The zero-order valence-corrected chi connectivity index (χ0v) is 17.7. The fraction of sp³-hybridized carbons (Fsp3) is 0.312. The highest BCUT2D eigenvalue weighted by molar-refractivity contribution is 7.98. The van der Waals surface area contributed by atoms with Crippen LogP contribution in [0.1, 0.15) is 22.8 Å². The summed E-state index contributed by atoms with van der Waals surface area (Å²) in [4.78, 5) is 20.2. The summed E-state index contributed by atoms with van der Waals surface area (Å²) in [6.07, 6.45) is 3.07. The van der Waals surface area contributed by atoms with Crippen molar-refractivity contribution in [2.24, 2.45) is 0 Å². The van der Waals surface area contributed by atoms with E-state index in [1.807, 2.05) is 0 Å². The lowest BCUT2D eigenvalue weighted by Crippen LogP contribution is -2.20. The summed E-state index contributed by atoms with van der Waals surface area (Å²) in [5.41, 5.74) is 0.453. The van der Waals surface area contributed by atoms with E-state index < -0.39 is 21.7 Å². The van der Waals surface area contributed by atoms with Gasteiger partial charge in [0, 0.05) is 6.20 Å². The number of thioether (sulfide) groups is 1. The Morgan fingerprint density at radius 1 is 1.33 bits per heavy atom. The van der Waals surface area contributed by atoms with E-state index >= 15 is 0 Å². The van der Waals surface area contributed by atoms with Crippen molar-refractivity contribution in [2.45, 2.75) is 17.8 Å². The van der Waals surface area contributed by atoms with Crippen molar-refractivity contribution >= 4 is 56.6 Å². The second-order valence-electron chi connectivity index (χ2n) is 5.26. The highest BCUT2D eigenvalue weighted by atomic mass is 35.5. The minimum atomic E-state index is -3.62. The van der Waals surface area contributed by atoms with Gasteiger partial charge < -0.3 is 10.1 Å². The van der Waals surface area contributed by atoms with E-state index in [9.17, 15) is 13.2 Å². The van der Waals surface area contributed by atoms with Crippen LogP contribution < -0.4 is 5.32 Å². The third-order valence-electron chi connectivity index (χ3n) is 3.31. The lowest BCUT2D eigenvalue weighted by Gasteiger charge is -2.12. The molecule has 2 aromatic rings. The molecule has 1 heterocycles. The van der Waals surface area contributed by atoms with E-state index in [4.69, 9.17) is 27.9 Å². The summed E-state index contributed by atoms with van der Waals surface area (Å²) in [5, 5.41) is 3.56. The number of nitrogens with zero attached hydrogens (tertiary/aromatic N) is 2. The topological polar surface area (TPSA) is 98.2 Å². The lowest BCUT2D eigenvalue weighted by atomic mass is 10.2. The Morgan fingerprint density at radius 3 is 2.74 bits per heavy atom. The van der Waals surface area contributed by atoms with Gasteiger partial charge in [0.15, 0.2) is 15.0 Å². The smallest absolute Gasteiger partial charge is 0.343 e. The van der Waals surface area contributed by atoms with Crippen LogP contribution in [-0.2, 0) is 20.3 Å². The predicted molar refractivity (Wildman–Crippen MR) is 107 cm³/mol. The third-order valence-corrected chi connectivity index (χ3v) is 6.07. The van der Waals surface area contributed by atoms with Crippen molar-refractivity contribution < 1.29 is 17.9 Å². The van der Waals surface area contributed by atoms with Crippen molar-refractivity contribution in [3.63, 3.8) is 0 Å². The number of ether oxygens (including phenoxy) is 1. The second kappa shape index (κ2) is 9.59. The van der Waals surface area contributed by atoms with Crippen molar-refractivity contribution in [1.29, 1.82) is 0 Å². The quantitative estimate of drug-likeness (QED) is 0.370. The third kappa shape index (κ3) is 5.97. The monoisotopic (exact) mass is 449 g/mol. The number of anilines is 1. The molecule has 1 N–H and O–H groups in total. The molecule has 1 aromatic heterocycles. The summed E-state index contributed by atoms with van der Waals surface area (Å²) < 4.78 is 29.9. The van der Waals surface area contributed by atoms with Gasteiger partial charge in [0.05, 0.1) is 22.4 Å². The molecule has 146 valence electrons. The highest BCUT2D eigenvalue weighted by Crippen LogP contribution is 2.27. The maximum Gasteiger partial charge on any atom is 0.343 e. The SMILES string of the molecule is CCOC(=O)c1cnc(SC)nc1NCS(=O)(=O)Cc1cccc(Cl)c1Cl. The number of rotatable bonds is 8. The van der Waals surface area contributed by atoms with Gasteiger partial charge in [-0.05, 0) is 24.8 Å². The summed E-state index contributed by atoms with van der Waals surface area (Å²) in [7, 11) is -3.62. The minimum Gasteiger partial charge on any atom is -0.462 e. The van der Waals surface area contributed by atoms with Crippen LogP contribution in [0.4, 0.5) is 5.82 Å². The van der Waals surface area contributed by atoms with E-state index in [0.29, 0.717) is 10.7 Å². The van der Waals surface area contributed by atoms with Crippen LogP contribution in [0.2, 0.25) is 10.0 Å². The molecule has 0 radical (unpaired) electrons. The molecule has 27 heavy (non-hydrogen) atoms. The Labute approximate surface area is 171 Å². The molecule has 0 saturated carbocycles. The van der Waals surface area contributed by atoms with Crippen molar-refractivity contribution in [1.82, 2.24) is 9.97 Å². The maximum absolute atomic E-state index is 12.5. The summed E-state index contributed by atoms with van der Waals surface area (Å²) in [6, 6.07) is 4.79. The standard InChI is InChI=1S/C16H17Cl2N3O4S2/c1-3-25-15(22)11-7-19-16(26-2)21-14(11)20-9-27(23,24)8-10-5-4-6-12(17)13(10)18/h4-7H,3,8-9H2,1-2H3,(H,19,20,21). The summed E-state index contributed by atoms with van der Waals surface area (Å²) >= 11 is 13.2. The molecule has 0 aliphatic heterocycles. The number of esters is 1. The fourth-order valence-electron chi connectivity index (χ4n) is 2.08. The predicted octanol–water partition coefficient (Wildman–Crippen LogP) is 3.67. The van der Waals surface area contributed by atoms with Crippen LogP contribution in [0, 0.1) is 0 Å². The highest BCUT2D eigenvalue weighted by Gasteiger charge is 2.20. The van der Waals surface area contributed by atoms with E-state index in [2.05, 4.69) is 15.3 Å². The Morgan fingerprint density at radius 2 is 2.07 bits per heavy atom. The molecular formula is C16H17Cl2N3O4S2. The first kappa shape index (κ1) is 21.7. The molecule has 0 spiro atoms. The second-order valence-corrected chi connectivity index (χ2v) is 8.88. The molecule has 1 aromatic carbocycles. The fourth-order valence-corrected chi connectivity index (χ4v) is 4.06. The first-order valence-electron chi connectivity index (χ1n) is 7.72. The van der Waals surface area contributed by atoms with Gasteiger partial charge in [-0.15, -0.1) is 0 Å². The number of aromatic nitrogens is 2. The molecular weight excluding hydrogens is 433 g/mol. The van der Waals surface area contributed by atoms with Crippen molar-refractivity contribution in [3.05, 3.63) is 45.6 Å². The molecule has 0 aliphatic rings. The van der Waals surface area contributed by atoms with Crippen LogP contribution in [0.3, 0.4) is 0 Å². The number of hydrogen-bond donors (Lipinski definition) is 1. The van der Waals surface area contributed by atoms with Gasteiger partial charge in [0.2, 0.25) is 0 Å². The van der Waals surface area contributed by atoms with Gasteiger partial charge in [-0.1, -0.05) is 47.1 Å². The Hall–Kier alpha value is -1.55. The lowest BCUT2D eigenvalue weighted by molar-refractivity contribution is 0.0526. The number of nitrogens with one attached hydrogen (secondary N) is 1. The van der Waals surface area contributed by atoms with Gasteiger partial charge in [-0.25, -0.2) is 23.2 Å². The molecule has 0 bridgehead atoms. The van der Waals surface area contributed by atoms with Crippen LogP contribution >= 0.6 is 35.0 Å². The van der Waals surface area contributed by atoms with E-state index in [1.165, 1.54) is 18.0 Å². The van der Waals surface area contributed by atoms with Gasteiger partial charge >= 0.3 is 5.97 Å². The average molecular weight is 450 g/mol. The van der Waals surface area contributed by atoms with Gasteiger partial charge in [0.25, 0.3) is 0 Å². The maximum atomic E-state index is 12.5. The Bertz CT molecular complexity index is 939. The van der Waals surface area contributed by atoms with Crippen molar-refractivity contribution in [2.75, 3.05) is 24.1 Å². The first-order chi connectivity index (χ1) is 12.8. The van der Waals surface area contributed by atoms with Crippen LogP contribution in [-0.4, -0.2) is 43.1 Å². The van der Waals surface area contributed by atoms with Crippen LogP contribution in [0.5, 0.6) is 0 Å². The Kier molecular flexibility index (Phi) is 7.72. The molecule has 0 atom stereocenters. The number of halogens is 2. The Balaban J connectivity index is 2.21. The average Bonchev–Trinajstić information content (AvgIpc) is 2.63. The van der Waals surface area contributed by atoms with Crippen molar-refractivity contribution in [3.8, 4) is 0 Å². The number of carbonyl (C=O) groups excluding carboxylic acids is 1. The van der Waals surface area contributed by atoms with E-state index in [0.717, 1.165) is 0 Å². The van der Waals surface area contributed by atoms with E-state index in [-0.39, 0.29) is 33.8 Å². The van der Waals surface area contributed by atoms with Gasteiger partial charge in [0.1, 0.15) is 17.3 Å². The molecule has 0 unspecified atom stereocenters. The van der Waals surface area contributed by atoms with Crippen LogP contribution in [0.15, 0.2) is 29.6 Å². The zero-order chi connectivity index (χ0) is 20.0. The molecule has 0 fully saturated rings. The first-order valence-corrected chi connectivity index (χ1v) is 11.5.